The summed E-state index contributed by atoms with van der Waals surface area (Å²) in [7, 11) is 0. The number of para-hydroxylation sites is 1. The maximum atomic E-state index is 5.63. The van der Waals surface area contributed by atoms with E-state index in [1.165, 1.54) is 12.8 Å². The van der Waals surface area contributed by atoms with Crippen molar-refractivity contribution in [2.45, 2.75) is 32.8 Å². The zero-order chi connectivity index (χ0) is 15.2. The van der Waals surface area contributed by atoms with Gasteiger partial charge in [-0.25, -0.2) is 0 Å². The Hall–Kier alpha value is -1.88. The topological polar surface area (TPSA) is 60.2 Å². The number of nitrogens with zero attached hydrogens (tertiary/aromatic N) is 2. The molecule has 5 nitrogen and oxygen atoms in total. The van der Waals surface area contributed by atoms with Gasteiger partial charge in [0, 0.05) is 6.42 Å². The smallest absolute Gasteiger partial charge is 0.227 e. The SMILES string of the molecule is CC(Cc1nc(COc2ccccc2)no1)C1CCCNC1. The van der Waals surface area contributed by atoms with Crippen LogP contribution in [-0.2, 0) is 13.0 Å². The summed E-state index contributed by atoms with van der Waals surface area (Å²) in [5.41, 5.74) is 0. The minimum Gasteiger partial charge on any atom is -0.485 e. The molecule has 0 amide bonds. The Morgan fingerprint density at radius 1 is 1.36 bits per heavy atom. The molecular weight excluding hydrogens is 278 g/mol. The van der Waals surface area contributed by atoms with Crippen LogP contribution in [0, 0.1) is 11.8 Å². The molecule has 1 saturated heterocycles. The molecule has 2 aromatic rings. The lowest BCUT2D eigenvalue weighted by molar-refractivity contribution is 0.255. The van der Waals surface area contributed by atoms with Crippen LogP contribution in [0.25, 0.3) is 0 Å². The molecule has 1 aromatic heterocycles. The van der Waals surface area contributed by atoms with Gasteiger partial charge in [-0.15, -0.1) is 0 Å². The third-order valence-electron chi connectivity index (χ3n) is 4.26. The quantitative estimate of drug-likeness (QED) is 0.889. The van der Waals surface area contributed by atoms with Crippen molar-refractivity contribution in [1.82, 2.24) is 15.5 Å². The lowest BCUT2D eigenvalue weighted by atomic mass is 9.85. The van der Waals surface area contributed by atoms with Crippen LogP contribution in [0.2, 0.25) is 0 Å². The van der Waals surface area contributed by atoms with Crippen molar-refractivity contribution in [3.63, 3.8) is 0 Å². The summed E-state index contributed by atoms with van der Waals surface area (Å²) < 4.78 is 11.0. The molecule has 1 aliphatic heterocycles. The van der Waals surface area contributed by atoms with E-state index in [9.17, 15) is 0 Å². The molecule has 5 heteroatoms. The second-order valence-corrected chi connectivity index (χ2v) is 5.99. The van der Waals surface area contributed by atoms with E-state index in [1.54, 1.807) is 0 Å². The fourth-order valence-corrected chi connectivity index (χ4v) is 2.90. The molecule has 2 unspecified atom stereocenters. The number of piperidine rings is 1. The lowest BCUT2D eigenvalue weighted by Crippen LogP contribution is -2.33. The van der Waals surface area contributed by atoms with E-state index in [-0.39, 0.29) is 0 Å². The molecule has 0 radical (unpaired) electrons. The molecule has 0 spiro atoms. The van der Waals surface area contributed by atoms with Crippen LogP contribution in [0.3, 0.4) is 0 Å². The highest BCUT2D eigenvalue weighted by atomic mass is 16.5. The first-order chi connectivity index (χ1) is 10.8. The van der Waals surface area contributed by atoms with Crippen molar-refractivity contribution >= 4 is 0 Å². The first-order valence-corrected chi connectivity index (χ1v) is 8.01. The van der Waals surface area contributed by atoms with Crippen LogP contribution in [0.4, 0.5) is 0 Å². The van der Waals surface area contributed by atoms with Crippen LogP contribution in [0.1, 0.15) is 31.5 Å². The van der Waals surface area contributed by atoms with Gasteiger partial charge in [-0.3, -0.25) is 0 Å². The number of hydrogen-bond acceptors (Lipinski definition) is 5. The highest BCUT2D eigenvalue weighted by Gasteiger charge is 2.22. The van der Waals surface area contributed by atoms with Gasteiger partial charge in [0.1, 0.15) is 5.75 Å². The average Bonchev–Trinajstić information content (AvgIpc) is 3.02. The predicted octanol–water partition coefficient (Wildman–Crippen LogP) is 2.83. The molecule has 22 heavy (non-hydrogen) atoms. The minimum absolute atomic E-state index is 0.340. The van der Waals surface area contributed by atoms with Crippen molar-refractivity contribution in [2.24, 2.45) is 11.8 Å². The van der Waals surface area contributed by atoms with E-state index in [0.717, 1.165) is 25.3 Å². The maximum Gasteiger partial charge on any atom is 0.227 e. The Morgan fingerprint density at radius 3 is 3.00 bits per heavy atom. The number of aromatic nitrogens is 2. The second kappa shape index (κ2) is 7.40. The highest BCUT2D eigenvalue weighted by Crippen LogP contribution is 2.22. The number of ether oxygens (including phenoxy) is 1. The van der Waals surface area contributed by atoms with Gasteiger partial charge < -0.3 is 14.6 Å². The summed E-state index contributed by atoms with van der Waals surface area (Å²) in [5.74, 6) is 3.38. The molecule has 118 valence electrons. The van der Waals surface area contributed by atoms with Crippen LogP contribution >= 0.6 is 0 Å². The van der Waals surface area contributed by atoms with Gasteiger partial charge in [0.05, 0.1) is 0 Å². The summed E-state index contributed by atoms with van der Waals surface area (Å²) in [4.78, 5) is 4.44. The summed E-state index contributed by atoms with van der Waals surface area (Å²) in [5, 5.41) is 7.46. The van der Waals surface area contributed by atoms with Gasteiger partial charge in [0.2, 0.25) is 11.7 Å². The van der Waals surface area contributed by atoms with Crippen LogP contribution in [0.5, 0.6) is 5.75 Å². The Labute approximate surface area is 131 Å². The number of nitrogens with one attached hydrogen (secondary N) is 1. The van der Waals surface area contributed by atoms with E-state index in [4.69, 9.17) is 9.26 Å². The van der Waals surface area contributed by atoms with Crippen molar-refractivity contribution in [1.29, 1.82) is 0 Å². The zero-order valence-corrected chi connectivity index (χ0v) is 13.0. The summed E-state index contributed by atoms with van der Waals surface area (Å²) in [6.07, 6.45) is 3.38. The number of rotatable bonds is 6. The van der Waals surface area contributed by atoms with E-state index >= 15 is 0 Å². The predicted molar refractivity (Wildman–Crippen MR) is 83.5 cm³/mol. The van der Waals surface area contributed by atoms with Gasteiger partial charge >= 0.3 is 0 Å². The Kier molecular flexibility index (Phi) is 5.06. The minimum atomic E-state index is 0.340. The van der Waals surface area contributed by atoms with Gasteiger partial charge in [0.25, 0.3) is 0 Å². The average molecular weight is 301 g/mol. The van der Waals surface area contributed by atoms with Crippen molar-refractivity contribution in [3.05, 3.63) is 42.0 Å². The normalized spacial score (nSPS) is 19.8. The van der Waals surface area contributed by atoms with Crippen molar-refractivity contribution in [2.75, 3.05) is 13.1 Å². The summed E-state index contributed by atoms with van der Waals surface area (Å²) >= 11 is 0. The first-order valence-electron chi connectivity index (χ1n) is 8.01. The standard InChI is InChI=1S/C17H23N3O2/c1-13(14-6-5-9-18-11-14)10-17-19-16(20-22-17)12-21-15-7-3-2-4-8-15/h2-4,7-8,13-14,18H,5-6,9-12H2,1H3. The van der Waals surface area contributed by atoms with Gasteiger partial charge in [0.15, 0.2) is 6.61 Å². The molecule has 2 atom stereocenters. The van der Waals surface area contributed by atoms with Crippen LogP contribution < -0.4 is 10.1 Å². The van der Waals surface area contributed by atoms with Gasteiger partial charge in [-0.1, -0.05) is 30.3 Å². The Morgan fingerprint density at radius 2 is 2.23 bits per heavy atom. The van der Waals surface area contributed by atoms with Crippen LogP contribution in [-0.4, -0.2) is 23.2 Å². The monoisotopic (exact) mass is 301 g/mol. The molecule has 3 rings (SSSR count). The first kappa shape index (κ1) is 15.0. The molecule has 1 N–H and O–H groups in total. The molecule has 0 aliphatic carbocycles. The summed E-state index contributed by atoms with van der Waals surface area (Å²) in [6.45, 7) is 4.85. The zero-order valence-electron chi connectivity index (χ0n) is 13.0. The Balaban J connectivity index is 1.50. The highest BCUT2D eigenvalue weighted by molar-refractivity contribution is 5.20. The fourth-order valence-electron chi connectivity index (χ4n) is 2.90. The van der Waals surface area contributed by atoms with E-state index in [1.807, 2.05) is 30.3 Å². The van der Waals surface area contributed by atoms with Crippen LogP contribution in [0.15, 0.2) is 34.9 Å². The number of benzene rings is 1. The van der Waals surface area contributed by atoms with Gasteiger partial charge in [-0.05, 0) is 49.9 Å². The fraction of sp³-hybridized carbons (Fsp3) is 0.529. The van der Waals surface area contributed by atoms with E-state index < -0.39 is 0 Å². The molecule has 2 heterocycles. The molecule has 0 saturated carbocycles. The van der Waals surface area contributed by atoms with Crippen molar-refractivity contribution < 1.29 is 9.26 Å². The van der Waals surface area contributed by atoms with Gasteiger partial charge in [-0.2, -0.15) is 4.98 Å². The Bertz CT molecular complexity index is 564. The lowest BCUT2D eigenvalue weighted by Gasteiger charge is -2.27. The van der Waals surface area contributed by atoms with Crippen molar-refractivity contribution in [3.8, 4) is 5.75 Å². The third kappa shape index (κ3) is 4.07. The largest absolute Gasteiger partial charge is 0.485 e. The third-order valence-corrected chi connectivity index (χ3v) is 4.26. The molecular formula is C17H23N3O2. The van der Waals surface area contributed by atoms with E-state index in [2.05, 4.69) is 22.4 Å². The van der Waals surface area contributed by atoms with E-state index in [0.29, 0.717) is 30.2 Å². The maximum absolute atomic E-state index is 5.63. The second-order valence-electron chi connectivity index (χ2n) is 5.99. The molecule has 1 fully saturated rings. The molecule has 1 aliphatic rings. The molecule has 0 bridgehead atoms. The molecule has 1 aromatic carbocycles. The number of hydrogen-bond donors (Lipinski definition) is 1. The summed E-state index contributed by atoms with van der Waals surface area (Å²) in [6, 6.07) is 9.67.